The third-order valence-electron chi connectivity index (χ3n) is 3.19. The predicted molar refractivity (Wildman–Crippen MR) is 64.3 cm³/mol. The molecule has 6 heteroatoms. The fourth-order valence-corrected chi connectivity index (χ4v) is 1.93. The van der Waals surface area contributed by atoms with Gasteiger partial charge in [-0.2, -0.15) is 0 Å². The van der Waals surface area contributed by atoms with Crippen LogP contribution in [0.2, 0.25) is 0 Å². The van der Waals surface area contributed by atoms with Crippen molar-refractivity contribution in [2.45, 2.75) is 24.8 Å². The number of amides is 1. The summed E-state index contributed by atoms with van der Waals surface area (Å²) in [5.74, 6) is -2.20. The number of hydrogen-bond donors (Lipinski definition) is 2. The molecular formula is C13H14FNO4. The molecule has 1 aromatic carbocycles. The van der Waals surface area contributed by atoms with Gasteiger partial charge >= 0.3 is 5.97 Å². The van der Waals surface area contributed by atoms with Crippen LogP contribution in [-0.2, 0) is 9.59 Å². The van der Waals surface area contributed by atoms with Crippen molar-refractivity contribution in [2.24, 2.45) is 0 Å². The van der Waals surface area contributed by atoms with Crippen LogP contribution in [0.3, 0.4) is 0 Å². The summed E-state index contributed by atoms with van der Waals surface area (Å²) < 4.78 is 18.2. The van der Waals surface area contributed by atoms with E-state index < -0.39 is 29.8 Å². The average Bonchev–Trinajstić information content (AvgIpc) is 2.32. The molecule has 1 fully saturated rings. The van der Waals surface area contributed by atoms with Gasteiger partial charge in [-0.15, -0.1) is 0 Å². The second kappa shape index (κ2) is 5.26. The molecule has 1 aliphatic rings. The van der Waals surface area contributed by atoms with Crippen molar-refractivity contribution in [3.05, 3.63) is 30.1 Å². The van der Waals surface area contributed by atoms with E-state index in [1.165, 1.54) is 18.2 Å². The molecule has 1 amide bonds. The minimum atomic E-state index is -1.17. The van der Waals surface area contributed by atoms with Crippen LogP contribution in [0.1, 0.15) is 19.3 Å². The molecule has 0 heterocycles. The van der Waals surface area contributed by atoms with Gasteiger partial charge in [-0.05, 0) is 31.4 Å². The van der Waals surface area contributed by atoms with Gasteiger partial charge in [0.05, 0.1) is 0 Å². The molecule has 0 radical (unpaired) electrons. The smallest absolute Gasteiger partial charge is 0.329 e. The molecule has 0 bridgehead atoms. The second-order valence-electron chi connectivity index (χ2n) is 4.51. The third kappa shape index (κ3) is 2.83. The van der Waals surface area contributed by atoms with E-state index in [0.717, 1.165) is 6.42 Å². The van der Waals surface area contributed by atoms with Crippen LogP contribution in [0, 0.1) is 5.82 Å². The lowest BCUT2D eigenvalue weighted by Gasteiger charge is -2.38. The molecule has 0 aliphatic heterocycles. The Morgan fingerprint density at radius 1 is 1.37 bits per heavy atom. The number of benzene rings is 1. The number of para-hydroxylation sites is 1. The quantitative estimate of drug-likeness (QED) is 0.843. The Bertz CT molecular complexity index is 499. The summed E-state index contributed by atoms with van der Waals surface area (Å²) in [6, 6.07) is 5.72. The largest absolute Gasteiger partial charge is 0.481 e. The van der Waals surface area contributed by atoms with Crippen LogP contribution in [0.25, 0.3) is 0 Å². The SMILES string of the molecule is O=C(COc1ccccc1F)NC1(C(=O)O)CCC1. The predicted octanol–water partition coefficient (Wildman–Crippen LogP) is 1.33. The molecule has 1 saturated carbocycles. The molecule has 2 rings (SSSR count). The monoisotopic (exact) mass is 267 g/mol. The molecule has 1 aliphatic carbocycles. The number of aliphatic carboxylic acids is 1. The maximum atomic E-state index is 13.2. The molecule has 19 heavy (non-hydrogen) atoms. The molecule has 1 aromatic rings. The average molecular weight is 267 g/mol. The first-order chi connectivity index (χ1) is 9.03. The maximum absolute atomic E-state index is 13.2. The van der Waals surface area contributed by atoms with Crippen LogP contribution in [-0.4, -0.2) is 29.1 Å². The number of carbonyl (C=O) groups excluding carboxylic acids is 1. The van der Waals surface area contributed by atoms with Gasteiger partial charge in [0.2, 0.25) is 0 Å². The van der Waals surface area contributed by atoms with E-state index in [4.69, 9.17) is 9.84 Å². The summed E-state index contributed by atoms with van der Waals surface area (Å²) in [6.07, 6.45) is 1.59. The number of ether oxygens (including phenoxy) is 1. The second-order valence-corrected chi connectivity index (χ2v) is 4.51. The van der Waals surface area contributed by atoms with Gasteiger partial charge < -0.3 is 15.2 Å². The number of nitrogens with one attached hydrogen (secondary N) is 1. The van der Waals surface area contributed by atoms with E-state index in [-0.39, 0.29) is 5.75 Å². The van der Waals surface area contributed by atoms with Gasteiger partial charge in [-0.1, -0.05) is 12.1 Å². The maximum Gasteiger partial charge on any atom is 0.329 e. The van der Waals surface area contributed by atoms with Crippen molar-refractivity contribution in [1.29, 1.82) is 0 Å². The van der Waals surface area contributed by atoms with Crippen molar-refractivity contribution < 1.29 is 23.8 Å². The van der Waals surface area contributed by atoms with E-state index in [1.807, 2.05) is 0 Å². The highest BCUT2D eigenvalue weighted by molar-refractivity contribution is 5.88. The molecule has 2 N–H and O–H groups in total. The van der Waals surface area contributed by atoms with E-state index in [2.05, 4.69) is 5.32 Å². The lowest BCUT2D eigenvalue weighted by atomic mass is 9.77. The number of carboxylic acids is 1. The lowest BCUT2D eigenvalue weighted by molar-refractivity contribution is -0.152. The Kier molecular flexibility index (Phi) is 3.69. The summed E-state index contributed by atoms with van der Waals surface area (Å²) in [7, 11) is 0. The Morgan fingerprint density at radius 3 is 2.58 bits per heavy atom. The zero-order valence-corrected chi connectivity index (χ0v) is 10.2. The van der Waals surface area contributed by atoms with Crippen LogP contribution >= 0.6 is 0 Å². The lowest BCUT2D eigenvalue weighted by Crippen LogP contribution is -2.59. The molecule has 102 valence electrons. The van der Waals surface area contributed by atoms with Crippen molar-refractivity contribution in [3.63, 3.8) is 0 Å². The van der Waals surface area contributed by atoms with Gasteiger partial charge in [0.15, 0.2) is 18.2 Å². The Hall–Kier alpha value is -2.11. The molecule has 0 unspecified atom stereocenters. The van der Waals surface area contributed by atoms with Gasteiger partial charge in [0.25, 0.3) is 5.91 Å². The third-order valence-corrected chi connectivity index (χ3v) is 3.19. The zero-order chi connectivity index (χ0) is 13.9. The highest BCUT2D eigenvalue weighted by atomic mass is 19.1. The van der Waals surface area contributed by atoms with Gasteiger partial charge in [0.1, 0.15) is 5.54 Å². The molecular weight excluding hydrogens is 253 g/mol. The highest BCUT2D eigenvalue weighted by Crippen LogP contribution is 2.31. The fraction of sp³-hybridized carbons (Fsp3) is 0.385. The van der Waals surface area contributed by atoms with Crippen LogP contribution < -0.4 is 10.1 Å². The first-order valence-corrected chi connectivity index (χ1v) is 5.95. The Labute approximate surface area is 109 Å². The summed E-state index contributed by atoms with van der Waals surface area (Å²) in [5.41, 5.74) is -1.17. The van der Waals surface area contributed by atoms with Crippen LogP contribution in [0.15, 0.2) is 24.3 Å². The fourth-order valence-electron chi connectivity index (χ4n) is 1.93. The van der Waals surface area contributed by atoms with Crippen molar-refractivity contribution in [2.75, 3.05) is 6.61 Å². The van der Waals surface area contributed by atoms with Crippen LogP contribution in [0.5, 0.6) is 5.75 Å². The van der Waals surface area contributed by atoms with E-state index in [0.29, 0.717) is 12.8 Å². The number of carboxylic acid groups (broad SMARTS) is 1. The summed E-state index contributed by atoms with van der Waals surface area (Å²) in [4.78, 5) is 22.7. The normalized spacial score (nSPS) is 16.3. The summed E-state index contributed by atoms with van der Waals surface area (Å²) in [5, 5.41) is 11.5. The Balaban J connectivity index is 1.89. The molecule has 0 atom stereocenters. The number of hydrogen-bond acceptors (Lipinski definition) is 3. The van der Waals surface area contributed by atoms with E-state index in [1.54, 1.807) is 6.07 Å². The van der Waals surface area contributed by atoms with Gasteiger partial charge in [0, 0.05) is 0 Å². The van der Waals surface area contributed by atoms with Crippen molar-refractivity contribution >= 4 is 11.9 Å². The topological polar surface area (TPSA) is 75.6 Å². The number of halogens is 1. The van der Waals surface area contributed by atoms with Crippen LogP contribution in [0.4, 0.5) is 4.39 Å². The minimum Gasteiger partial charge on any atom is -0.481 e. The molecule has 0 spiro atoms. The Morgan fingerprint density at radius 2 is 2.05 bits per heavy atom. The molecule has 0 saturated heterocycles. The zero-order valence-electron chi connectivity index (χ0n) is 10.2. The summed E-state index contributed by atoms with van der Waals surface area (Å²) in [6.45, 7) is -0.407. The van der Waals surface area contributed by atoms with Gasteiger partial charge in [-0.3, -0.25) is 4.79 Å². The number of carbonyl (C=O) groups is 2. The number of rotatable bonds is 5. The van der Waals surface area contributed by atoms with E-state index >= 15 is 0 Å². The summed E-state index contributed by atoms with van der Waals surface area (Å²) >= 11 is 0. The van der Waals surface area contributed by atoms with Crippen molar-refractivity contribution in [1.82, 2.24) is 5.32 Å². The first kappa shape index (κ1) is 13.3. The van der Waals surface area contributed by atoms with E-state index in [9.17, 15) is 14.0 Å². The first-order valence-electron chi connectivity index (χ1n) is 5.95. The minimum absolute atomic E-state index is 0.0318. The molecule has 5 nitrogen and oxygen atoms in total. The standard InChI is InChI=1S/C13H14FNO4/c14-9-4-1-2-5-10(9)19-8-11(16)15-13(12(17)18)6-3-7-13/h1-2,4-5H,3,6-8H2,(H,15,16)(H,17,18). The van der Waals surface area contributed by atoms with Crippen molar-refractivity contribution in [3.8, 4) is 5.75 Å². The molecule has 0 aromatic heterocycles. The highest BCUT2D eigenvalue weighted by Gasteiger charge is 2.45. The van der Waals surface area contributed by atoms with Gasteiger partial charge in [-0.25, -0.2) is 9.18 Å².